The quantitative estimate of drug-likeness (QED) is 0.170. The number of anilines is 3. The largest absolute Gasteiger partial charge is 0.456 e. The molecule has 2 aromatic heterocycles. The molecule has 0 radical (unpaired) electrons. The molecular formula is C52H33NOS. The molecule has 0 saturated carbocycles. The molecule has 0 fully saturated rings. The van der Waals surface area contributed by atoms with Crippen LogP contribution in [0.15, 0.2) is 205 Å². The minimum absolute atomic E-state index is 0.904. The highest BCUT2D eigenvalue weighted by Gasteiger charge is 2.20. The predicted octanol–water partition coefficient (Wildman–Crippen LogP) is 15.6. The molecule has 11 aromatic rings. The van der Waals surface area contributed by atoms with E-state index in [9.17, 15) is 0 Å². The Morgan fingerprint density at radius 3 is 1.91 bits per heavy atom. The van der Waals surface area contributed by atoms with Crippen LogP contribution in [-0.2, 0) is 0 Å². The van der Waals surface area contributed by atoms with Crippen LogP contribution in [0.5, 0.6) is 0 Å². The van der Waals surface area contributed by atoms with Gasteiger partial charge in [-0.05, 0) is 105 Å². The van der Waals surface area contributed by atoms with Crippen LogP contribution in [-0.4, -0.2) is 0 Å². The van der Waals surface area contributed by atoms with Gasteiger partial charge in [0, 0.05) is 42.3 Å². The lowest BCUT2D eigenvalue weighted by Crippen LogP contribution is -2.10. The first-order valence-corrected chi connectivity index (χ1v) is 19.5. The lowest BCUT2D eigenvalue weighted by atomic mass is 9.95. The van der Waals surface area contributed by atoms with E-state index in [1.54, 1.807) is 0 Å². The number of hydrogen-bond acceptors (Lipinski definition) is 3. The Kier molecular flexibility index (Phi) is 7.39. The number of hydrogen-bond donors (Lipinski definition) is 0. The van der Waals surface area contributed by atoms with E-state index < -0.39 is 0 Å². The van der Waals surface area contributed by atoms with E-state index in [1.165, 1.54) is 58.8 Å². The normalized spacial score (nSPS) is 11.6. The van der Waals surface area contributed by atoms with Gasteiger partial charge in [-0.3, -0.25) is 0 Å². The van der Waals surface area contributed by atoms with Gasteiger partial charge in [-0.2, -0.15) is 0 Å². The number of thiophene rings is 1. The summed E-state index contributed by atoms with van der Waals surface area (Å²) in [4.78, 5) is 2.43. The van der Waals surface area contributed by atoms with Crippen molar-refractivity contribution in [1.82, 2.24) is 0 Å². The number of furan rings is 1. The summed E-state index contributed by atoms with van der Waals surface area (Å²) in [6, 6.07) is 72.3. The fraction of sp³-hybridized carbons (Fsp3) is 0. The van der Waals surface area contributed by atoms with Crippen LogP contribution in [0.25, 0.3) is 86.3 Å². The molecule has 0 bridgehead atoms. The molecule has 0 amide bonds. The zero-order valence-corrected chi connectivity index (χ0v) is 30.6. The highest BCUT2D eigenvalue weighted by Crippen LogP contribution is 2.46. The van der Waals surface area contributed by atoms with Crippen molar-refractivity contribution in [2.24, 2.45) is 0 Å². The summed E-state index contributed by atoms with van der Waals surface area (Å²) in [7, 11) is 0. The zero-order valence-electron chi connectivity index (χ0n) is 29.8. The van der Waals surface area contributed by atoms with Crippen LogP contribution in [0.4, 0.5) is 17.1 Å². The first-order valence-electron chi connectivity index (χ1n) is 18.7. The van der Waals surface area contributed by atoms with E-state index in [1.807, 2.05) is 23.5 Å². The number of benzene rings is 9. The summed E-state index contributed by atoms with van der Waals surface area (Å²) in [5.41, 5.74) is 12.3. The summed E-state index contributed by atoms with van der Waals surface area (Å²) in [6.07, 6.45) is 0. The molecule has 9 aromatic carbocycles. The number of fused-ring (bicyclic) bond motifs is 7. The molecule has 0 atom stereocenters. The first kappa shape index (κ1) is 31.6. The molecule has 2 nitrogen and oxygen atoms in total. The summed E-state index contributed by atoms with van der Waals surface area (Å²) in [6.45, 7) is 0. The van der Waals surface area contributed by atoms with Gasteiger partial charge in [0.15, 0.2) is 0 Å². The second-order valence-corrected chi connectivity index (χ2v) is 15.1. The van der Waals surface area contributed by atoms with Crippen LogP contribution in [0, 0.1) is 0 Å². The van der Waals surface area contributed by atoms with Gasteiger partial charge in [-0.15, -0.1) is 11.3 Å². The molecule has 0 aliphatic rings. The molecule has 0 saturated heterocycles. The van der Waals surface area contributed by atoms with Crippen LogP contribution in [0.2, 0.25) is 0 Å². The topological polar surface area (TPSA) is 16.4 Å². The molecular weight excluding hydrogens is 687 g/mol. The van der Waals surface area contributed by atoms with Crippen LogP contribution in [0.1, 0.15) is 0 Å². The molecule has 55 heavy (non-hydrogen) atoms. The summed E-state index contributed by atoms with van der Waals surface area (Å²) < 4.78 is 8.82. The molecule has 0 spiro atoms. The molecule has 0 aliphatic heterocycles. The van der Waals surface area contributed by atoms with Crippen LogP contribution >= 0.6 is 11.3 Å². The number of para-hydroxylation sites is 1. The zero-order chi connectivity index (χ0) is 36.3. The standard InChI is InChI=1S/C52H33NOS/c1-2-18-41-34(12-1)13-9-21-42(41)38-16-7-14-36(32-38)37-15-8-17-40(33-37)53(46-23-11-27-50-52(46)45-20-4-6-26-49(45)55-50)39-30-28-35(29-31-39)43-22-10-25-48-51(43)44-19-3-5-24-47(44)54-48/h1-33H. The number of nitrogens with zero attached hydrogens (tertiary/aromatic N) is 1. The fourth-order valence-corrected chi connectivity index (χ4v) is 9.47. The van der Waals surface area contributed by atoms with Gasteiger partial charge in [0.25, 0.3) is 0 Å². The maximum atomic E-state index is 6.25. The predicted molar refractivity (Wildman–Crippen MR) is 235 cm³/mol. The lowest BCUT2D eigenvalue weighted by Gasteiger charge is -2.27. The average Bonchev–Trinajstić information content (AvgIpc) is 3.83. The molecule has 258 valence electrons. The van der Waals surface area contributed by atoms with E-state index in [4.69, 9.17) is 4.42 Å². The Hall–Kier alpha value is -6.94. The Labute approximate surface area is 322 Å². The Morgan fingerprint density at radius 1 is 0.364 bits per heavy atom. The monoisotopic (exact) mass is 719 g/mol. The van der Waals surface area contributed by atoms with E-state index in [2.05, 4.69) is 193 Å². The van der Waals surface area contributed by atoms with Gasteiger partial charge in [-0.1, -0.05) is 140 Å². The van der Waals surface area contributed by atoms with Gasteiger partial charge in [0.1, 0.15) is 11.2 Å². The summed E-state index contributed by atoms with van der Waals surface area (Å²) in [5, 5.41) is 7.34. The molecule has 0 N–H and O–H groups in total. The second kappa shape index (κ2) is 12.9. The van der Waals surface area contributed by atoms with Crippen LogP contribution in [0.3, 0.4) is 0 Å². The van der Waals surface area contributed by atoms with Gasteiger partial charge in [0.2, 0.25) is 0 Å². The second-order valence-electron chi connectivity index (χ2n) is 14.1. The molecule has 11 rings (SSSR count). The minimum atomic E-state index is 0.904. The van der Waals surface area contributed by atoms with Gasteiger partial charge in [-0.25, -0.2) is 0 Å². The van der Waals surface area contributed by atoms with Crippen molar-refractivity contribution in [3.05, 3.63) is 200 Å². The highest BCUT2D eigenvalue weighted by molar-refractivity contribution is 7.26. The minimum Gasteiger partial charge on any atom is -0.456 e. The molecule has 0 aliphatic carbocycles. The Morgan fingerprint density at radius 2 is 1.00 bits per heavy atom. The van der Waals surface area contributed by atoms with Crippen molar-refractivity contribution in [3.63, 3.8) is 0 Å². The average molecular weight is 720 g/mol. The van der Waals surface area contributed by atoms with Gasteiger partial charge < -0.3 is 9.32 Å². The third kappa shape index (κ3) is 5.32. The van der Waals surface area contributed by atoms with Gasteiger partial charge >= 0.3 is 0 Å². The van der Waals surface area contributed by atoms with Crippen LogP contribution < -0.4 is 4.90 Å². The third-order valence-electron chi connectivity index (χ3n) is 10.9. The maximum Gasteiger partial charge on any atom is 0.136 e. The Bertz CT molecular complexity index is 3220. The fourth-order valence-electron chi connectivity index (χ4n) is 8.34. The molecule has 3 heteroatoms. The first-order chi connectivity index (χ1) is 27.3. The summed E-state index contributed by atoms with van der Waals surface area (Å²) in [5.74, 6) is 0. The SMILES string of the molecule is c1cc(-c2cccc(N(c3ccc(-c4cccc5oc6ccccc6c45)cc3)c3cccc4sc5ccccc5c34)c2)cc(-c2cccc3ccccc23)c1. The molecule has 2 heterocycles. The smallest absolute Gasteiger partial charge is 0.136 e. The van der Waals surface area contributed by atoms with Crippen molar-refractivity contribution >= 4 is 81.3 Å². The third-order valence-corrected chi connectivity index (χ3v) is 12.0. The van der Waals surface area contributed by atoms with Crippen molar-refractivity contribution in [2.45, 2.75) is 0 Å². The Balaban J connectivity index is 1.07. The lowest BCUT2D eigenvalue weighted by molar-refractivity contribution is 0.669. The van der Waals surface area contributed by atoms with E-state index in [-0.39, 0.29) is 0 Å². The number of rotatable bonds is 6. The highest BCUT2D eigenvalue weighted by atomic mass is 32.1. The van der Waals surface area contributed by atoms with Crippen molar-refractivity contribution in [3.8, 4) is 33.4 Å². The molecule has 0 unspecified atom stereocenters. The maximum absolute atomic E-state index is 6.25. The van der Waals surface area contributed by atoms with E-state index in [0.29, 0.717) is 0 Å². The van der Waals surface area contributed by atoms with E-state index >= 15 is 0 Å². The summed E-state index contributed by atoms with van der Waals surface area (Å²) >= 11 is 1.85. The van der Waals surface area contributed by atoms with Crippen molar-refractivity contribution < 1.29 is 4.42 Å². The van der Waals surface area contributed by atoms with Crippen molar-refractivity contribution in [2.75, 3.05) is 4.90 Å². The van der Waals surface area contributed by atoms with E-state index in [0.717, 1.165) is 44.6 Å². The van der Waals surface area contributed by atoms with Crippen molar-refractivity contribution in [1.29, 1.82) is 0 Å². The van der Waals surface area contributed by atoms with Gasteiger partial charge in [0.05, 0.1) is 5.69 Å².